The SMILES string of the molecule is Fc1ccc(-c2nc3ccc(N4CCNCC4)nc3n2-c2ccncc2)c(F)c1. The molecule has 8 heteroatoms. The van der Waals surface area contributed by atoms with Crippen LogP contribution in [0.1, 0.15) is 0 Å². The van der Waals surface area contributed by atoms with Gasteiger partial charge in [-0.15, -0.1) is 0 Å². The molecule has 0 spiro atoms. The molecule has 4 aromatic rings. The molecule has 0 saturated carbocycles. The van der Waals surface area contributed by atoms with Crippen LogP contribution in [0.5, 0.6) is 0 Å². The fourth-order valence-corrected chi connectivity index (χ4v) is 3.61. The van der Waals surface area contributed by atoms with Crippen molar-refractivity contribution >= 4 is 17.0 Å². The highest BCUT2D eigenvalue weighted by Crippen LogP contribution is 2.30. The van der Waals surface area contributed by atoms with E-state index >= 15 is 0 Å². The Kier molecular flexibility index (Phi) is 4.40. The Balaban J connectivity index is 1.74. The molecule has 3 aromatic heterocycles. The molecule has 5 rings (SSSR count). The third-order valence-corrected chi connectivity index (χ3v) is 5.02. The van der Waals surface area contributed by atoms with Crippen LogP contribution >= 0.6 is 0 Å². The van der Waals surface area contributed by atoms with E-state index in [2.05, 4.69) is 20.2 Å². The molecule has 1 aliphatic heterocycles. The third-order valence-electron chi connectivity index (χ3n) is 5.02. The van der Waals surface area contributed by atoms with Crippen LogP contribution in [0.3, 0.4) is 0 Å². The Morgan fingerprint density at radius 1 is 0.897 bits per heavy atom. The second kappa shape index (κ2) is 7.21. The molecular formula is C21H18F2N6. The van der Waals surface area contributed by atoms with Crippen molar-refractivity contribution in [2.75, 3.05) is 31.1 Å². The van der Waals surface area contributed by atoms with E-state index in [0.717, 1.165) is 43.8 Å². The van der Waals surface area contributed by atoms with Gasteiger partial charge in [0.1, 0.15) is 28.8 Å². The summed E-state index contributed by atoms with van der Waals surface area (Å²) in [4.78, 5) is 15.7. The molecular weight excluding hydrogens is 374 g/mol. The van der Waals surface area contributed by atoms with E-state index in [-0.39, 0.29) is 5.56 Å². The maximum absolute atomic E-state index is 14.6. The van der Waals surface area contributed by atoms with Crippen molar-refractivity contribution in [3.63, 3.8) is 0 Å². The van der Waals surface area contributed by atoms with Crippen LogP contribution in [-0.4, -0.2) is 45.7 Å². The standard InChI is InChI=1S/C21H18F2N6/c22-14-1-2-16(17(23)13-14)20-26-18-3-4-19(28-11-9-25-10-12-28)27-21(18)29(20)15-5-7-24-8-6-15/h1-8,13,25H,9-12H2. The van der Waals surface area contributed by atoms with E-state index in [9.17, 15) is 8.78 Å². The maximum atomic E-state index is 14.6. The number of pyridine rings is 2. The molecule has 6 nitrogen and oxygen atoms in total. The molecule has 29 heavy (non-hydrogen) atoms. The zero-order valence-corrected chi connectivity index (χ0v) is 15.5. The van der Waals surface area contributed by atoms with Crippen LogP contribution in [0, 0.1) is 11.6 Å². The largest absolute Gasteiger partial charge is 0.354 e. The average Bonchev–Trinajstić information content (AvgIpc) is 3.13. The molecule has 0 unspecified atom stereocenters. The highest BCUT2D eigenvalue weighted by molar-refractivity contribution is 5.81. The van der Waals surface area contributed by atoms with Crippen molar-refractivity contribution in [2.24, 2.45) is 0 Å². The normalized spacial score (nSPS) is 14.5. The number of imidazole rings is 1. The first-order valence-corrected chi connectivity index (χ1v) is 9.42. The predicted molar refractivity (Wildman–Crippen MR) is 107 cm³/mol. The number of piperazine rings is 1. The van der Waals surface area contributed by atoms with Crippen molar-refractivity contribution in [2.45, 2.75) is 0 Å². The Hall–Kier alpha value is -3.39. The van der Waals surface area contributed by atoms with Gasteiger partial charge >= 0.3 is 0 Å². The van der Waals surface area contributed by atoms with Crippen LogP contribution in [0.25, 0.3) is 28.2 Å². The Labute approximate surface area is 165 Å². The van der Waals surface area contributed by atoms with Gasteiger partial charge in [0.25, 0.3) is 0 Å². The molecule has 4 heterocycles. The highest BCUT2D eigenvalue weighted by Gasteiger charge is 2.20. The number of aromatic nitrogens is 4. The summed E-state index contributed by atoms with van der Waals surface area (Å²) in [5, 5.41) is 3.33. The van der Waals surface area contributed by atoms with Gasteiger partial charge in [-0.2, -0.15) is 0 Å². The zero-order chi connectivity index (χ0) is 19.8. The van der Waals surface area contributed by atoms with Crippen molar-refractivity contribution < 1.29 is 8.78 Å². The van der Waals surface area contributed by atoms with Gasteiger partial charge in [0.05, 0.1) is 11.3 Å². The summed E-state index contributed by atoms with van der Waals surface area (Å²) in [6.45, 7) is 3.52. The van der Waals surface area contributed by atoms with E-state index in [4.69, 9.17) is 4.98 Å². The number of rotatable bonds is 3. The number of hydrogen-bond donors (Lipinski definition) is 1. The summed E-state index contributed by atoms with van der Waals surface area (Å²) in [6.07, 6.45) is 3.32. The molecule has 0 radical (unpaired) electrons. The van der Waals surface area contributed by atoms with Crippen molar-refractivity contribution in [1.82, 2.24) is 24.8 Å². The number of halogens is 2. The summed E-state index contributed by atoms with van der Waals surface area (Å²) >= 11 is 0. The second-order valence-electron chi connectivity index (χ2n) is 6.85. The predicted octanol–water partition coefficient (Wildman–Crippen LogP) is 3.17. The van der Waals surface area contributed by atoms with Crippen molar-refractivity contribution in [3.8, 4) is 17.1 Å². The van der Waals surface area contributed by atoms with Gasteiger partial charge in [-0.3, -0.25) is 9.55 Å². The van der Waals surface area contributed by atoms with Crippen LogP contribution in [-0.2, 0) is 0 Å². The van der Waals surface area contributed by atoms with Gasteiger partial charge < -0.3 is 10.2 Å². The topological polar surface area (TPSA) is 58.9 Å². The molecule has 1 aliphatic rings. The third kappa shape index (κ3) is 3.21. The zero-order valence-electron chi connectivity index (χ0n) is 15.5. The number of nitrogens with zero attached hydrogens (tertiary/aromatic N) is 5. The maximum Gasteiger partial charge on any atom is 0.167 e. The molecule has 0 bridgehead atoms. The molecule has 0 aliphatic carbocycles. The van der Waals surface area contributed by atoms with Gasteiger partial charge in [-0.1, -0.05) is 0 Å². The fourth-order valence-electron chi connectivity index (χ4n) is 3.61. The minimum atomic E-state index is -0.669. The monoisotopic (exact) mass is 392 g/mol. The quantitative estimate of drug-likeness (QED) is 0.580. The lowest BCUT2D eigenvalue weighted by Crippen LogP contribution is -2.43. The summed E-state index contributed by atoms with van der Waals surface area (Å²) < 4.78 is 29.8. The lowest BCUT2D eigenvalue weighted by Gasteiger charge is -2.28. The lowest BCUT2D eigenvalue weighted by molar-refractivity contribution is 0.584. The highest BCUT2D eigenvalue weighted by atomic mass is 19.1. The Morgan fingerprint density at radius 2 is 1.69 bits per heavy atom. The van der Waals surface area contributed by atoms with Crippen LogP contribution in [0.15, 0.2) is 54.9 Å². The first kappa shape index (κ1) is 17.7. The molecule has 1 aromatic carbocycles. The molecule has 1 fully saturated rings. The average molecular weight is 392 g/mol. The molecule has 1 N–H and O–H groups in total. The summed E-state index contributed by atoms with van der Waals surface area (Å²) in [6, 6.07) is 10.9. The number of nitrogens with one attached hydrogen (secondary N) is 1. The van der Waals surface area contributed by atoms with E-state index in [0.29, 0.717) is 17.0 Å². The van der Waals surface area contributed by atoms with Crippen molar-refractivity contribution in [3.05, 3.63) is 66.5 Å². The van der Waals surface area contributed by atoms with Gasteiger partial charge in [-0.05, 0) is 36.4 Å². The van der Waals surface area contributed by atoms with E-state index < -0.39 is 11.6 Å². The Morgan fingerprint density at radius 3 is 2.45 bits per heavy atom. The summed E-state index contributed by atoms with van der Waals surface area (Å²) in [5.74, 6) is -0.0797. The number of anilines is 1. The molecule has 0 atom stereocenters. The van der Waals surface area contributed by atoms with Gasteiger partial charge in [0.2, 0.25) is 0 Å². The summed E-state index contributed by atoms with van der Waals surface area (Å²) in [5.41, 5.74) is 2.22. The first-order valence-electron chi connectivity index (χ1n) is 9.42. The minimum absolute atomic E-state index is 0.213. The van der Waals surface area contributed by atoms with Crippen LogP contribution < -0.4 is 10.2 Å². The lowest BCUT2D eigenvalue weighted by atomic mass is 10.2. The van der Waals surface area contributed by atoms with E-state index in [1.54, 1.807) is 17.0 Å². The number of benzene rings is 1. The number of fused-ring (bicyclic) bond motifs is 1. The van der Waals surface area contributed by atoms with Gasteiger partial charge in [-0.25, -0.2) is 18.7 Å². The fraction of sp³-hybridized carbons (Fsp3) is 0.190. The minimum Gasteiger partial charge on any atom is -0.354 e. The van der Waals surface area contributed by atoms with Gasteiger partial charge in [0.15, 0.2) is 5.65 Å². The smallest absolute Gasteiger partial charge is 0.167 e. The van der Waals surface area contributed by atoms with Gasteiger partial charge in [0, 0.05) is 44.6 Å². The van der Waals surface area contributed by atoms with E-state index in [1.807, 2.05) is 24.3 Å². The molecule has 0 amide bonds. The van der Waals surface area contributed by atoms with Crippen LogP contribution in [0.2, 0.25) is 0 Å². The van der Waals surface area contributed by atoms with E-state index in [1.165, 1.54) is 12.1 Å². The molecule has 1 saturated heterocycles. The van der Waals surface area contributed by atoms with Crippen LogP contribution in [0.4, 0.5) is 14.6 Å². The second-order valence-corrected chi connectivity index (χ2v) is 6.85. The number of hydrogen-bond acceptors (Lipinski definition) is 5. The first-order chi connectivity index (χ1) is 14.2. The summed E-state index contributed by atoms with van der Waals surface area (Å²) in [7, 11) is 0. The Bertz CT molecular complexity index is 1170. The molecule has 146 valence electrons. The van der Waals surface area contributed by atoms with Crippen molar-refractivity contribution in [1.29, 1.82) is 0 Å².